The highest BCUT2D eigenvalue weighted by Crippen LogP contribution is 2.33. The van der Waals surface area contributed by atoms with E-state index in [2.05, 4.69) is 4.99 Å². The fourth-order valence-corrected chi connectivity index (χ4v) is 2.12. The lowest BCUT2D eigenvalue weighted by atomic mass is 10.2. The molecule has 0 bridgehead atoms. The molecule has 0 aliphatic carbocycles. The molecule has 6 nitrogen and oxygen atoms in total. The number of carbonyl (C=O) groups is 2. The number of nitrogens with zero attached hydrogens (tertiary/aromatic N) is 1. The summed E-state index contributed by atoms with van der Waals surface area (Å²) in [5.41, 5.74) is -0.370. The van der Waals surface area contributed by atoms with Crippen LogP contribution in [0.25, 0.3) is 0 Å². The summed E-state index contributed by atoms with van der Waals surface area (Å²) in [4.78, 5) is 26.9. The quantitative estimate of drug-likeness (QED) is 0.355. The molecule has 0 amide bonds. The minimum atomic E-state index is -1.30. The molecule has 0 fully saturated rings. The van der Waals surface area contributed by atoms with E-state index < -0.39 is 11.9 Å². The van der Waals surface area contributed by atoms with Crippen LogP contribution in [0.5, 0.6) is 0 Å². The average molecular weight is 360 g/mol. The number of aromatic carboxylic acids is 1. The van der Waals surface area contributed by atoms with E-state index in [1.165, 1.54) is 19.1 Å². The van der Waals surface area contributed by atoms with Crippen LogP contribution in [0.2, 0.25) is 10.0 Å². The molecule has 0 radical (unpaired) electrons. The number of hydrogen-bond acceptors (Lipinski definition) is 5. The summed E-state index contributed by atoms with van der Waals surface area (Å²) in [5, 5.41) is 18.4. The van der Waals surface area contributed by atoms with Gasteiger partial charge in [-0.15, -0.1) is 0 Å². The maximum absolute atomic E-state index is 11.9. The molecule has 23 heavy (non-hydrogen) atoms. The first-order valence-electron chi connectivity index (χ1n) is 6.51. The van der Waals surface area contributed by atoms with E-state index in [1.54, 1.807) is 13.8 Å². The Morgan fingerprint density at radius 2 is 1.87 bits per heavy atom. The molecule has 1 rings (SSSR count). The Hall–Kier alpha value is -2.05. The predicted octanol–water partition coefficient (Wildman–Crippen LogP) is 4.18. The summed E-state index contributed by atoms with van der Waals surface area (Å²) in [6, 6.07) is 2.72. The van der Waals surface area contributed by atoms with E-state index in [0.717, 1.165) is 6.21 Å². The maximum Gasteiger partial charge on any atom is 0.343 e. The van der Waals surface area contributed by atoms with E-state index in [0.29, 0.717) is 0 Å². The van der Waals surface area contributed by atoms with E-state index >= 15 is 0 Å². The molecule has 0 atom stereocenters. The number of halogens is 2. The molecular weight excluding hydrogens is 345 g/mol. The van der Waals surface area contributed by atoms with Crippen molar-refractivity contribution in [1.82, 2.24) is 0 Å². The van der Waals surface area contributed by atoms with Gasteiger partial charge in [0.25, 0.3) is 0 Å². The Bertz CT molecular complexity index is 691. The zero-order chi connectivity index (χ0) is 17.7. The summed E-state index contributed by atoms with van der Waals surface area (Å²) in [6.07, 6.45) is 0.684. The Morgan fingerprint density at radius 1 is 1.26 bits per heavy atom. The van der Waals surface area contributed by atoms with Gasteiger partial charge in [-0.1, -0.05) is 23.2 Å². The van der Waals surface area contributed by atoms with Gasteiger partial charge in [-0.3, -0.25) is 4.99 Å². The molecule has 2 N–H and O–H groups in total. The van der Waals surface area contributed by atoms with Crippen LogP contribution < -0.4 is 0 Å². The number of benzene rings is 1. The van der Waals surface area contributed by atoms with Crippen LogP contribution in [-0.4, -0.2) is 34.5 Å². The topological polar surface area (TPSA) is 96.2 Å². The maximum atomic E-state index is 11.9. The molecule has 0 aliphatic rings. The number of rotatable bonds is 5. The molecule has 0 aliphatic heterocycles. The second-order valence-corrected chi connectivity index (χ2v) is 5.56. The summed E-state index contributed by atoms with van der Waals surface area (Å²) < 4.78 is 4.98. The number of aliphatic imine (C=N–C) groups is 1. The highest BCUT2D eigenvalue weighted by molar-refractivity contribution is 6.40. The minimum Gasteiger partial charge on any atom is -0.512 e. The fraction of sp³-hybridized carbons (Fsp3) is 0.267. The smallest absolute Gasteiger partial charge is 0.343 e. The van der Waals surface area contributed by atoms with Crippen molar-refractivity contribution in [2.45, 2.75) is 26.9 Å². The number of allylic oxidation sites excluding steroid dienone is 1. The summed E-state index contributed by atoms with van der Waals surface area (Å²) in [5.74, 6) is -2.35. The monoisotopic (exact) mass is 359 g/mol. The van der Waals surface area contributed by atoms with Crippen molar-refractivity contribution in [3.63, 3.8) is 0 Å². The molecule has 0 heterocycles. The Balaban J connectivity index is 3.22. The van der Waals surface area contributed by atoms with Gasteiger partial charge in [-0.05, 0) is 32.9 Å². The van der Waals surface area contributed by atoms with E-state index in [1.807, 2.05) is 0 Å². The molecule has 1 aromatic rings. The molecule has 1 aromatic carbocycles. The second-order valence-electron chi connectivity index (χ2n) is 4.77. The number of ether oxygens (including phenoxy) is 1. The number of esters is 1. The van der Waals surface area contributed by atoms with Crippen molar-refractivity contribution >= 4 is 47.0 Å². The SMILES string of the molecule is CC(O)=C(C=Nc1ccc(Cl)c(C(=O)O)c1Cl)C(=O)OC(C)C. The van der Waals surface area contributed by atoms with Crippen LogP contribution in [0.1, 0.15) is 31.1 Å². The van der Waals surface area contributed by atoms with Crippen molar-refractivity contribution in [3.05, 3.63) is 39.1 Å². The van der Waals surface area contributed by atoms with Gasteiger partial charge in [0, 0.05) is 6.21 Å². The van der Waals surface area contributed by atoms with Crippen molar-refractivity contribution in [2.24, 2.45) is 4.99 Å². The highest BCUT2D eigenvalue weighted by atomic mass is 35.5. The standard InChI is InChI=1S/C15H15Cl2NO5/c1-7(2)23-15(22)9(8(3)19)6-18-11-5-4-10(16)12(13(11)17)14(20)21/h4-7,19H,1-3H3,(H,20,21). The lowest BCUT2D eigenvalue weighted by molar-refractivity contribution is -0.142. The first kappa shape index (κ1) is 19.0. The van der Waals surface area contributed by atoms with Crippen molar-refractivity contribution in [3.8, 4) is 0 Å². The predicted molar refractivity (Wildman–Crippen MR) is 88.1 cm³/mol. The molecule has 8 heteroatoms. The Labute approximate surface area is 143 Å². The first-order chi connectivity index (χ1) is 10.6. The molecule has 124 valence electrons. The van der Waals surface area contributed by atoms with Crippen molar-refractivity contribution in [1.29, 1.82) is 0 Å². The Morgan fingerprint density at radius 3 is 2.35 bits per heavy atom. The molecule has 0 spiro atoms. The summed E-state index contributed by atoms with van der Waals surface area (Å²) in [7, 11) is 0. The first-order valence-corrected chi connectivity index (χ1v) is 7.27. The number of aliphatic hydroxyl groups is 1. The number of carbonyl (C=O) groups excluding carboxylic acids is 1. The lowest BCUT2D eigenvalue weighted by Crippen LogP contribution is -2.15. The fourth-order valence-electron chi connectivity index (χ4n) is 1.54. The van der Waals surface area contributed by atoms with Crippen LogP contribution in [0.3, 0.4) is 0 Å². The molecule has 0 unspecified atom stereocenters. The molecule has 0 saturated heterocycles. The van der Waals surface area contributed by atoms with Crippen LogP contribution in [-0.2, 0) is 9.53 Å². The number of aliphatic hydroxyl groups excluding tert-OH is 1. The summed E-state index contributed by atoms with van der Waals surface area (Å²) >= 11 is 11.7. The molecular formula is C15H15Cl2NO5. The average Bonchev–Trinajstić information content (AvgIpc) is 2.39. The third-order valence-corrected chi connectivity index (χ3v) is 3.27. The van der Waals surface area contributed by atoms with Gasteiger partial charge in [0.15, 0.2) is 0 Å². The van der Waals surface area contributed by atoms with Gasteiger partial charge in [0.2, 0.25) is 0 Å². The van der Waals surface area contributed by atoms with Gasteiger partial charge in [0.1, 0.15) is 11.3 Å². The van der Waals surface area contributed by atoms with Crippen LogP contribution >= 0.6 is 23.2 Å². The van der Waals surface area contributed by atoms with Crippen LogP contribution in [0.4, 0.5) is 5.69 Å². The van der Waals surface area contributed by atoms with Crippen LogP contribution in [0.15, 0.2) is 28.5 Å². The zero-order valence-corrected chi connectivity index (χ0v) is 14.1. The Kier molecular flexibility index (Phi) is 6.60. The van der Waals surface area contributed by atoms with E-state index in [4.69, 9.17) is 33.0 Å². The largest absolute Gasteiger partial charge is 0.512 e. The zero-order valence-electron chi connectivity index (χ0n) is 12.6. The summed E-state index contributed by atoms with van der Waals surface area (Å²) in [6.45, 7) is 4.62. The third-order valence-electron chi connectivity index (χ3n) is 2.57. The molecule has 0 saturated carbocycles. The second kappa shape index (κ2) is 7.99. The normalized spacial score (nSPS) is 12.4. The van der Waals surface area contributed by atoms with Gasteiger partial charge in [-0.25, -0.2) is 9.59 Å². The van der Waals surface area contributed by atoms with Crippen LogP contribution in [0, 0.1) is 0 Å². The van der Waals surface area contributed by atoms with E-state index in [-0.39, 0.29) is 38.7 Å². The van der Waals surface area contributed by atoms with Gasteiger partial charge < -0.3 is 14.9 Å². The van der Waals surface area contributed by atoms with Gasteiger partial charge >= 0.3 is 11.9 Å². The third kappa shape index (κ3) is 4.97. The van der Waals surface area contributed by atoms with Crippen molar-refractivity contribution in [2.75, 3.05) is 0 Å². The molecule has 0 aromatic heterocycles. The van der Waals surface area contributed by atoms with Gasteiger partial charge in [0.05, 0.1) is 27.4 Å². The van der Waals surface area contributed by atoms with Crippen molar-refractivity contribution < 1.29 is 24.5 Å². The lowest BCUT2D eigenvalue weighted by Gasteiger charge is -2.09. The number of carboxylic acids is 1. The van der Waals surface area contributed by atoms with Gasteiger partial charge in [-0.2, -0.15) is 0 Å². The minimum absolute atomic E-state index is 0.0326. The number of hydrogen-bond donors (Lipinski definition) is 2. The highest BCUT2D eigenvalue weighted by Gasteiger charge is 2.18. The van der Waals surface area contributed by atoms with E-state index in [9.17, 15) is 14.7 Å². The number of carboxylic acid groups (broad SMARTS) is 1.